The van der Waals surface area contributed by atoms with Crippen molar-refractivity contribution in [1.82, 2.24) is 15.6 Å². The summed E-state index contributed by atoms with van der Waals surface area (Å²) in [5, 5.41) is 5.80. The minimum absolute atomic E-state index is 0.156. The van der Waals surface area contributed by atoms with Crippen LogP contribution in [0.4, 0.5) is 0 Å². The summed E-state index contributed by atoms with van der Waals surface area (Å²) in [6.07, 6.45) is 0.386. The highest BCUT2D eigenvalue weighted by Crippen LogP contribution is 2.09. The fourth-order valence-corrected chi connectivity index (χ4v) is 1.76. The van der Waals surface area contributed by atoms with Gasteiger partial charge in [-0.15, -0.1) is 0 Å². The molecule has 18 heavy (non-hydrogen) atoms. The first-order valence-electron chi connectivity index (χ1n) is 5.49. The van der Waals surface area contributed by atoms with Gasteiger partial charge in [-0.25, -0.2) is 5.43 Å². The van der Waals surface area contributed by atoms with Crippen molar-refractivity contribution in [3.8, 4) is 0 Å². The van der Waals surface area contributed by atoms with Crippen LogP contribution in [0.25, 0.3) is 0 Å². The van der Waals surface area contributed by atoms with Crippen molar-refractivity contribution < 1.29 is 19.2 Å². The Bertz CT molecular complexity index is 470. The fourth-order valence-electron chi connectivity index (χ4n) is 1.76. The van der Waals surface area contributed by atoms with Crippen molar-refractivity contribution in [2.75, 3.05) is 6.54 Å². The van der Waals surface area contributed by atoms with Crippen LogP contribution in [0.5, 0.6) is 0 Å². The van der Waals surface area contributed by atoms with E-state index < -0.39 is 23.8 Å². The molecule has 2 rings (SSSR count). The van der Waals surface area contributed by atoms with Gasteiger partial charge in [0.15, 0.2) is 0 Å². The molecule has 1 atom stereocenters. The predicted molar refractivity (Wildman–Crippen MR) is 59.1 cm³/mol. The van der Waals surface area contributed by atoms with Crippen LogP contribution in [0.2, 0.25) is 0 Å². The third kappa shape index (κ3) is 2.22. The summed E-state index contributed by atoms with van der Waals surface area (Å²) in [5.74, 6) is -1.79. The molecule has 8 heteroatoms. The van der Waals surface area contributed by atoms with E-state index in [1.54, 1.807) is 0 Å². The second kappa shape index (κ2) is 4.55. The predicted octanol–water partition coefficient (Wildman–Crippen LogP) is -1.87. The Morgan fingerprint density at radius 2 is 2.00 bits per heavy atom. The number of nitrogens with one attached hydrogen (secondary N) is 2. The molecule has 8 nitrogen and oxygen atoms in total. The van der Waals surface area contributed by atoms with Gasteiger partial charge in [-0.05, 0) is 6.92 Å². The second-order valence-corrected chi connectivity index (χ2v) is 4.11. The van der Waals surface area contributed by atoms with Gasteiger partial charge >= 0.3 is 0 Å². The maximum atomic E-state index is 12.1. The van der Waals surface area contributed by atoms with Crippen molar-refractivity contribution in [2.45, 2.75) is 25.8 Å². The van der Waals surface area contributed by atoms with Crippen LogP contribution in [-0.4, -0.2) is 46.8 Å². The first-order valence-corrected chi connectivity index (χ1v) is 5.49. The van der Waals surface area contributed by atoms with Gasteiger partial charge in [0.2, 0.25) is 17.7 Å². The molecule has 0 aliphatic carbocycles. The lowest BCUT2D eigenvalue weighted by atomic mass is 10.1. The van der Waals surface area contributed by atoms with Crippen LogP contribution < -0.4 is 10.7 Å². The molecule has 0 radical (unpaired) electrons. The SMILES string of the molecule is CC1C(=O)NC(=O)CN1C(=O)C1=NNC(=O)CC1. The Morgan fingerprint density at radius 1 is 1.28 bits per heavy atom. The van der Waals surface area contributed by atoms with Crippen LogP contribution in [0, 0.1) is 0 Å². The number of carbonyl (C=O) groups excluding carboxylic acids is 4. The zero-order valence-electron chi connectivity index (χ0n) is 9.73. The number of carbonyl (C=O) groups is 4. The van der Waals surface area contributed by atoms with Gasteiger partial charge in [0, 0.05) is 12.8 Å². The summed E-state index contributed by atoms with van der Waals surface area (Å²) < 4.78 is 0. The summed E-state index contributed by atoms with van der Waals surface area (Å²) in [4.78, 5) is 46.8. The molecule has 2 aliphatic rings. The molecule has 0 aromatic heterocycles. The van der Waals surface area contributed by atoms with E-state index in [4.69, 9.17) is 0 Å². The largest absolute Gasteiger partial charge is 0.316 e. The smallest absolute Gasteiger partial charge is 0.271 e. The third-order valence-corrected chi connectivity index (χ3v) is 2.84. The van der Waals surface area contributed by atoms with Crippen molar-refractivity contribution in [1.29, 1.82) is 0 Å². The lowest BCUT2D eigenvalue weighted by molar-refractivity contribution is -0.146. The molecule has 0 spiro atoms. The Hall–Kier alpha value is -2.25. The maximum Gasteiger partial charge on any atom is 0.271 e. The zero-order chi connectivity index (χ0) is 13.3. The first kappa shape index (κ1) is 12.2. The fraction of sp³-hybridized carbons (Fsp3) is 0.500. The van der Waals surface area contributed by atoms with Crippen LogP contribution in [0.1, 0.15) is 19.8 Å². The first-order chi connectivity index (χ1) is 8.49. The average Bonchev–Trinajstić information content (AvgIpc) is 2.34. The van der Waals surface area contributed by atoms with Crippen molar-refractivity contribution in [3.63, 3.8) is 0 Å². The molecule has 2 N–H and O–H groups in total. The lowest BCUT2D eigenvalue weighted by Gasteiger charge is -2.32. The lowest BCUT2D eigenvalue weighted by Crippen LogP contribution is -2.60. The molecule has 0 bridgehead atoms. The summed E-state index contributed by atoms with van der Waals surface area (Å²) in [6, 6.07) is -0.726. The topological polar surface area (TPSA) is 108 Å². The maximum absolute atomic E-state index is 12.1. The number of imide groups is 1. The molecule has 1 saturated heterocycles. The summed E-state index contributed by atoms with van der Waals surface area (Å²) >= 11 is 0. The van der Waals surface area contributed by atoms with Crippen molar-refractivity contribution in [3.05, 3.63) is 0 Å². The van der Waals surface area contributed by atoms with E-state index in [9.17, 15) is 19.2 Å². The number of nitrogens with zero attached hydrogens (tertiary/aromatic N) is 2. The zero-order valence-corrected chi connectivity index (χ0v) is 9.73. The standard InChI is InChI=1S/C10H12N4O4/c1-5-9(17)11-8(16)4-14(5)10(18)6-2-3-7(15)13-12-6/h5H,2-4H2,1H3,(H,13,15)(H,11,16,17). The molecule has 0 aromatic rings. The van der Waals surface area contributed by atoms with Crippen LogP contribution in [-0.2, 0) is 19.2 Å². The minimum Gasteiger partial charge on any atom is -0.316 e. The Labute approximate surface area is 102 Å². The monoisotopic (exact) mass is 252 g/mol. The highest BCUT2D eigenvalue weighted by Gasteiger charge is 2.35. The number of hydrazone groups is 1. The van der Waals surface area contributed by atoms with E-state index in [0.717, 1.165) is 4.90 Å². The van der Waals surface area contributed by atoms with E-state index in [2.05, 4.69) is 15.8 Å². The molecular weight excluding hydrogens is 240 g/mol. The van der Waals surface area contributed by atoms with Crippen LogP contribution in [0.3, 0.4) is 0 Å². The van der Waals surface area contributed by atoms with E-state index >= 15 is 0 Å². The summed E-state index contributed by atoms with van der Waals surface area (Å²) in [6.45, 7) is 1.35. The van der Waals surface area contributed by atoms with Crippen molar-refractivity contribution in [2.24, 2.45) is 5.10 Å². The van der Waals surface area contributed by atoms with Gasteiger partial charge in [-0.1, -0.05) is 0 Å². The third-order valence-electron chi connectivity index (χ3n) is 2.84. The number of hydrogen-bond donors (Lipinski definition) is 2. The van der Waals surface area contributed by atoms with Crippen LogP contribution in [0.15, 0.2) is 5.10 Å². The molecule has 2 aliphatic heterocycles. The molecule has 1 fully saturated rings. The van der Waals surface area contributed by atoms with Gasteiger partial charge in [0.1, 0.15) is 18.3 Å². The highest BCUT2D eigenvalue weighted by molar-refractivity contribution is 6.40. The molecule has 0 aromatic carbocycles. The molecule has 1 unspecified atom stereocenters. The van der Waals surface area contributed by atoms with E-state index in [1.807, 2.05) is 0 Å². The summed E-state index contributed by atoms with van der Waals surface area (Å²) in [5.41, 5.74) is 2.36. The van der Waals surface area contributed by atoms with E-state index in [-0.39, 0.29) is 31.0 Å². The Balaban J connectivity index is 2.15. The minimum atomic E-state index is -0.726. The summed E-state index contributed by atoms with van der Waals surface area (Å²) in [7, 11) is 0. The Morgan fingerprint density at radius 3 is 2.61 bits per heavy atom. The normalized spacial score (nSPS) is 24.3. The van der Waals surface area contributed by atoms with Gasteiger partial charge < -0.3 is 4.90 Å². The molecule has 4 amide bonds. The van der Waals surface area contributed by atoms with Gasteiger partial charge in [0.05, 0.1) is 0 Å². The van der Waals surface area contributed by atoms with Gasteiger partial charge in [-0.2, -0.15) is 5.10 Å². The molecule has 0 saturated carbocycles. The Kier molecular flexibility index (Phi) is 3.09. The molecule has 2 heterocycles. The average molecular weight is 252 g/mol. The number of hydrogen-bond acceptors (Lipinski definition) is 5. The number of piperazine rings is 1. The van der Waals surface area contributed by atoms with E-state index in [0.29, 0.717) is 0 Å². The number of amides is 4. The molecule has 96 valence electrons. The van der Waals surface area contributed by atoms with Crippen LogP contribution >= 0.6 is 0 Å². The highest BCUT2D eigenvalue weighted by atomic mass is 16.2. The van der Waals surface area contributed by atoms with E-state index in [1.165, 1.54) is 6.92 Å². The van der Waals surface area contributed by atoms with Crippen molar-refractivity contribution >= 4 is 29.3 Å². The van der Waals surface area contributed by atoms with Gasteiger partial charge in [0.25, 0.3) is 5.91 Å². The quantitative estimate of drug-likeness (QED) is 0.533. The van der Waals surface area contributed by atoms with Gasteiger partial charge in [-0.3, -0.25) is 24.5 Å². The number of rotatable bonds is 1. The second-order valence-electron chi connectivity index (χ2n) is 4.11. The molecular formula is C10H12N4O4.